The average Bonchev–Trinajstić information content (AvgIpc) is 3.64. The SMILES string of the molecule is COc1ccc(N2C(=O)CCCC2c2nc3cc(-c4c(C)noc4C)ccc3n2C2CCN(S(C)(=O)=O)C2)cc1F. The van der Waals surface area contributed by atoms with Gasteiger partial charge in [-0.15, -0.1) is 0 Å². The minimum absolute atomic E-state index is 0.0978. The second kappa shape index (κ2) is 10.3. The highest BCUT2D eigenvalue weighted by atomic mass is 32.2. The fourth-order valence-corrected chi connectivity index (χ4v) is 7.13. The second-order valence-electron chi connectivity index (χ2n) is 10.8. The monoisotopic (exact) mass is 581 g/mol. The number of ether oxygens (including phenoxy) is 1. The van der Waals surface area contributed by atoms with Gasteiger partial charge >= 0.3 is 0 Å². The van der Waals surface area contributed by atoms with Crippen LogP contribution in [0.25, 0.3) is 22.2 Å². The van der Waals surface area contributed by atoms with Gasteiger partial charge in [0.1, 0.15) is 11.6 Å². The quantitative estimate of drug-likeness (QED) is 0.318. The van der Waals surface area contributed by atoms with E-state index in [0.29, 0.717) is 61.6 Å². The van der Waals surface area contributed by atoms with Crippen molar-refractivity contribution >= 4 is 32.7 Å². The van der Waals surface area contributed by atoms with E-state index < -0.39 is 21.9 Å². The molecule has 4 aromatic rings. The summed E-state index contributed by atoms with van der Waals surface area (Å²) in [5.41, 5.74) is 4.56. The Morgan fingerprint density at radius 1 is 1.12 bits per heavy atom. The van der Waals surface area contributed by atoms with Crippen LogP contribution in [-0.2, 0) is 14.8 Å². The molecule has 216 valence electrons. The lowest BCUT2D eigenvalue weighted by molar-refractivity contribution is -0.120. The number of aryl methyl sites for hydroxylation is 2. The molecule has 2 aromatic carbocycles. The third-order valence-corrected chi connectivity index (χ3v) is 9.43. The molecule has 2 aromatic heterocycles. The number of hydrogen-bond acceptors (Lipinski definition) is 7. The molecule has 6 rings (SSSR count). The van der Waals surface area contributed by atoms with Crippen LogP contribution < -0.4 is 9.64 Å². The summed E-state index contributed by atoms with van der Waals surface area (Å²) in [6, 6.07) is 9.82. The Labute approximate surface area is 237 Å². The molecule has 4 heterocycles. The van der Waals surface area contributed by atoms with Crippen LogP contribution in [0.3, 0.4) is 0 Å². The number of sulfonamides is 1. The number of piperidine rings is 1. The summed E-state index contributed by atoms with van der Waals surface area (Å²) in [5, 5.41) is 4.09. The highest BCUT2D eigenvalue weighted by Gasteiger charge is 2.38. The third kappa shape index (κ3) is 4.78. The van der Waals surface area contributed by atoms with Gasteiger partial charge in [0.25, 0.3) is 0 Å². The number of benzene rings is 2. The van der Waals surface area contributed by atoms with Crippen molar-refractivity contribution in [2.75, 3.05) is 31.4 Å². The Bertz CT molecular complexity index is 1750. The number of hydrogen-bond donors (Lipinski definition) is 0. The summed E-state index contributed by atoms with van der Waals surface area (Å²) >= 11 is 0. The van der Waals surface area contributed by atoms with E-state index in [1.54, 1.807) is 11.0 Å². The minimum Gasteiger partial charge on any atom is -0.494 e. The van der Waals surface area contributed by atoms with Crippen LogP contribution in [0.5, 0.6) is 5.75 Å². The zero-order valence-corrected chi connectivity index (χ0v) is 24.2. The maximum absolute atomic E-state index is 14.8. The van der Waals surface area contributed by atoms with Crippen LogP contribution in [0.1, 0.15) is 55.0 Å². The molecular formula is C29H32FN5O5S. The Morgan fingerprint density at radius 3 is 2.59 bits per heavy atom. The lowest BCUT2D eigenvalue weighted by Crippen LogP contribution is -2.40. The van der Waals surface area contributed by atoms with Gasteiger partial charge in [0.05, 0.1) is 42.2 Å². The molecule has 0 aliphatic carbocycles. The number of rotatable bonds is 6. The van der Waals surface area contributed by atoms with E-state index >= 15 is 0 Å². The molecule has 10 nitrogen and oxygen atoms in total. The van der Waals surface area contributed by atoms with E-state index in [-0.39, 0.29) is 17.7 Å². The van der Waals surface area contributed by atoms with Gasteiger partial charge in [-0.2, -0.15) is 0 Å². The van der Waals surface area contributed by atoms with Crippen molar-refractivity contribution in [2.45, 2.75) is 51.6 Å². The van der Waals surface area contributed by atoms with Crippen molar-refractivity contribution in [3.63, 3.8) is 0 Å². The number of amides is 1. The predicted octanol–water partition coefficient (Wildman–Crippen LogP) is 4.92. The number of nitrogens with zero attached hydrogens (tertiary/aromatic N) is 5. The topological polar surface area (TPSA) is 111 Å². The maximum atomic E-state index is 14.8. The Kier molecular flexibility index (Phi) is 6.85. The van der Waals surface area contributed by atoms with Crippen LogP contribution in [0.2, 0.25) is 0 Å². The molecule has 0 radical (unpaired) electrons. The molecule has 0 spiro atoms. The number of anilines is 1. The largest absolute Gasteiger partial charge is 0.494 e. The van der Waals surface area contributed by atoms with E-state index in [1.807, 2.05) is 32.0 Å². The Morgan fingerprint density at radius 2 is 1.93 bits per heavy atom. The van der Waals surface area contributed by atoms with Gasteiger partial charge in [-0.05, 0) is 62.9 Å². The second-order valence-corrected chi connectivity index (χ2v) is 12.8. The summed E-state index contributed by atoms with van der Waals surface area (Å²) in [6.07, 6.45) is 3.45. The first-order valence-electron chi connectivity index (χ1n) is 13.6. The molecule has 2 unspecified atom stereocenters. The number of methoxy groups -OCH3 is 1. The van der Waals surface area contributed by atoms with Crippen molar-refractivity contribution < 1.29 is 26.9 Å². The van der Waals surface area contributed by atoms with E-state index in [1.165, 1.54) is 29.8 Å². The van der Waals surface area contributed by atoms with E-state index in [9.17, 15) is 17.6 Å². The normalized spacial score (nSPS) is 20.3. The molecule has 0 bridgehead atoms. The van der Waals surface area contributed by atoms with Gasteiger partial charge in [0.2, 0.25) is 15.9 Å². The molecule has 12 heteroatoms. The molecule has 2 fully saturated rings. The molecule has 2 saturated heterocycles. The van der Waals surface area contributed by atoms with Crippen LogP contribution in [0, 0.1) is 19.7 Å². The van der Waals surface area contributed by atoms with E-state index in [4.69, 9.17) is 14.2 Å². The molecule has 41 heavy (non-hydrogen) atoms. The van der Waals surface area contributed by atoms with Crippen LogP contribution >= 0.6 is 0 Å². The molecule has 2 atom stereocenters. The summed E-state index contributed by atoms with van der Waals surface area (Å²) in [6.45, 7) is 4.46. The fraction of sp³-hybridized carbons (Fsp3) is 0.414. The number of carbonyl (C=O) groups is 1. The Balaban J connectivity index is 1.52. The van der Waals surface area contributed by atoms with Crippen molar-refractivity contribution in [3.8, 4) is 16.9 Å². The zero-order valence-electron chi connectivity index (χ0n) is 23.4. The average molecular weight is 582 g/mol. The van der Waals surface area contributed by atoms with Crippen molar-refractivity contribution in [1.82, 2.24) is 19.0 Å². The number of fused-ring (bicyclic) bond motifs is 1. The molecule has 2 aliphatic rings. The summed E-state index contributed by atoms with van der Waals surface area (Å²) < 4.78 is 53.6. The van der Waals surface area contributed by atoms with Crippen LogP contribution in [0.4, 0.5) is 10.1 Å². The number of imidazole rings is 1. The standard InChI is InChI=1S/C29H32FN5O5S/c1-17-28(18(2)40-32-17)19-8-10-24-23(14-19)31-29(35(24)21-12-13-33(16-21)41(4,37)38)25-6-5-7-27(36)34(25)20-9-11-26(39-3)22(30)15-20/h8-11,14-15,21,25H,5-7,12-13,16H2,1-4H3. The maximum Gasteiger partial charge on any atom is 0.227 e. The fourth-order valence-electron chi connectivity index (χ4n) is 6.25. The molecule has 0 N–H and O–H groups in total. The Hall–Kier alpha value is -3.77. The van der Waals surface area contributed by atoms with Gasteiger partial charge in [0.15, 0.2) is 11.6 Å². The first kappa shape index (κ1) is 27.4. The molecular weight excluding hydrogens is 549 g/mol. The summed E-state index contributed by atoms with van der Waals surface area (Å²) in [4.78, 5) is 20.1. The predicted molar refractivity (Wildman–Crippen MR) is 152 cm³/mol. The first-order valence-corrected chi connectivity index (χ1v) is 15.5. The van der Waals surface area contributed by atoms with Gasteiger partial charge in [-0.3, -0.25) is 4.79 Å². The van der Waals surface area contributed by atoms with Crippen molar-refractivity contribution in [3.05, 3.63) is 59.5 Å². The van der Waals surface area contributed by atoms with Crippen LogP contribution in [-0.4, -0.2) is 59.8 Å². The van der Waals surface area contributed by atoms with Gasteiger partial charge < -0.3 is 18.7 Å². The lowest BCUT2D eigenvalue weighted by Gasteiger charge is -2.36. The highest BCUT2D eigenvalue weighted by Crippen LogP contribution is 2.41. The van der Waals surface area contributed by atoms with E-state index in [0.717, 1.165) is 22.3 Å². The summed E-state index contributed by atoms with van der Waals surface area (Å²) in [5.74, 6) is 0.775. The van der Waals surface area contributed by atoms with E-state index in [2.05, 4.69) is 9.72 Å². The molecule has 2 aliphatic heterocycles. The molecule has 1 amide bonds. The number of carbonyl (C=O) groups excluding carboxylic acids is 1. The lowest BCUT2D eigenvalue weighted by atomic mass is 9.99. The smallest absolute Gasteiger partial charge is 0.227 e. The number of aromatic nitrogens is 3. The molecule has 0 saturated carbocycles. The summed E-state index contributed by atoms with van der Waals surface area (Å²) in [7, 11) is -1.98. The van der Waals surface area contributed by atoms with Crippen molar-refractivity contribution in [2.24, 2.45) is 0 Å². The number of halogens is 1. The van der Waals surface area contributed by atoms with Gasteiger partial charge in [-0.1, -0.05) is 11.2 Å². The third-order valence-electron chi connectivity index (χ3n) is 8.16. The first-order chi connectivity index (χ1) is 19.6. The zero-order chi connectivity index (χ0) is 29.1. The van der Waals surface area contributed by atoms with Gasteiger partial charge in [-0.25, -0.2) is 22.1 Å². The van der Waals surface area contributed by atoms with Crippen LogP contribution in [0.15, 0.2) is 40.9 Å². The van der Waals surface area contributed by atoms with Gasteiger partial charge in [0, 0.05) is 36.8 Å². The highest BCUT2D eigenvalue weighted by molar-refractivity contribution is 7.88. The van der Waals surface area contributed by atoms with Crippen molar-refractivity contribution in [1.29, 1.82) is 0 Å². The minimum atomic E-state index is -3.37.